The molecule has 19 heavy (non-hydrogen) atoms. The molecule has 0 saturated heterocycles. The third-order valence-electron chi connectivity index (χ3n) is 3.02. The zero-order chi connectivity index (χ0) is 14.6. The number of anilines is 1. The van der Waals surface area contributed by atoms with Gasteiger partial charge in [-0.1, -0.05) is 20.8 Å². The third kappa shape index (κ3) is 3.94. The van der Waals surface area contributed by atoms with Crippen molar-refractivity contribution in [2.45, 2.75) is 40.0 Å². The summed E-state index contributed by atoms with van der Waals surface area (Å²) in [5.41, 5.74) is 1.55. The molecule has 0 saturated carbocycles. The molecule has 0 spiro atoms. The summed E-state index contributed by atoms with van der Waals surface area (Å²) in [6.45, 7) is 11.8. The van der Waals surface area contributed by atoms with Crippen molar-refractivity contribution in [3.63, 3.8) is 0 Å². The second-order valence-corrected chi connectivity index (χ2v) is 5.73. The quantitative estimate of drug-likeness (QED) is 0.908. The predicted octanol–water partition coefficient (Wildman–Crippen LogP) is 2.90. The molecule has 1 aromatic heterocycles. The Balaban J connectivity index is 3.24. The molecule has 4 heteroatoms. The van der Waals surface area contributed by atoms with E-state index in [0.717, 1.165) is 18.1 Å². The summed E-state index contributed by atoms with van der Waals surface area (Å²) in [7, 11) is 1.81. The fourth-order valence-electron chi connectivity index (χ4n) is 1.67. The van der Waals surface area contributed by atoms with Gasteiger partial charge in [-0.25, -0.2) is 4.98 Å². The van der Waals surface area contributed by atoms with Crippen molar-refractivity contribution in [1.82, 2.24) is 9.88 Å². The Morgan fingerprint density at radius 3 is 2.42 bits per heavy atom. The van der Waals surface area contributed by atoms with E-state index in [0.29, 0.717) is 12.1 Å². The highest BCUT2D eigenvalue weighted by Gasteiger charge is 2.20. The molecule has 0 unspecified atom stereocenters. The average molecular weight is 263 g/mol. The lowest BCUT2D eigenvalue weighted by molar-refractivity contribution is 0.0802. The standard InChI is InChI=1S/C15H25N3O/c1-7-16-13-10-11(14(19)18(6)8-2)9-12(17-13)15(3,4)5/h9-10H,7-8H2,1-6H3,(H,16,17). The van der Waals surface area contributed by atoms with Gasteiger partial charge in [-0.2, -0.15) is 0 Å². The molecule has 1 amide bonds. The molecule has 0 aliphatic carbocycles. The minimum absolute atomic E-state index is 0.0366. The van der Waals surface area contributed by atoms with Crippen LogP contribution in [0.15, 0.2) is 12.1 Å². The number of aromatic nitrogens is 1. The summed E-state index contributed by atoms with van der Waals surface area (Å²) < 4.78 is 0. The van der Waals surface area contributed by atoms with E-state index in [1.165, 1.54) is 0 Å². The van der Waals surface area contributed by atoms with Crippen LogP contribution in [0, 0.1) is 0 Å². The molecule has 1 heterocycles. The maximum atomic E-state index is 12.3. The topological polar surface area (TPSA) is 45.2 Å². The van der Waals surface area contributed by atoms with Crippen LogP contribution in [0.1, 0.15) is 50.7 Å². The molecule has 1 N–H and O–H groups in total. The molecule has 106 valence electrons. The number of hydrogen-bond donors (Lipinski definition) is 1. The minimum Gasteiger partial charge on any atom is -0.370 e. The van der Waals surface area contributed by atoms with Crippen LogP contribution in [0.5, 0.6) is 0 Å². The van der Waals surface area contributed by atoms with Crippen LogP contribution in [0.4, 0.5) is 5.82 Å². The van der Waals surface area contributed by atoms with Gasteiger partial charge in [0.05, 0.1) is 0 Å². The fraction of sp³-hybridized carbons (Fsp3) is 0.600. The summed E-state index contributed by atoms with van der Waals surface area (Å²) in [6, 6.07) is 3.72. The van der Waals surface area contributed by atoms with E-state index in [4.69, 9.17) is 0 Å². The van der Waals surface area contributed by atoms with Crippen LogP contribution < -0.4 is 5.32 Å². The number of hydrogen-bond acceptors (Lipinski definition) is 3. The Hall–Kier alpha value is -1.58. The van der Waals surface area contributed by atoms with Crippen LogP contribution in [-0.2, 0) is 5.41 Å². The Labute approximate surface area is 116 Å². The van der Waals surface area contributed by atoms with Crippen molar-refractivity contribution >= 4 is 11.7 Å². The van der Waals surface area contributed by atoms with Crippen molar-refractivity contribution in [3.8, 4) is 0 Å². The summed E-state index contributed by atoms with van der Waals surface area (Å²) >= 11 is 0. The number of carbonyl (C=O) groups excluding carboxylic acids is 1. The van der Waals surface area contributed by atoms with Gasteiger partial charge in [0, 0.05) is 36.8 Å². The Bertz CT molecular complexity index is 449. The van der Waals surface area contributed by atoms with Gasteiger partial charge in [0.2, 0.25) is 0 Å². The number of carbonyl (C=O) groups is 1. The molecule has 4 nitrogen and oxygen atoms in total. The maximum Gasteiger partial charge on any atom is 0.253 e. The highest BCUT2D eigenvalue weighted by atomic mass is 16.2. The second-order valence-electron chi connectivity index (χ2n) is 5.73. The van der Waals surface area contributed by atoms with Gasteiger partial charge in [-0.3, -0.25) is 4.79 Å². The summed E-state index contributed by atoms with van der Waals surface area (Å²) in [5.74, 6) is 0.803. The van der Waals surface area contributed by atoms with Gasteiger partial charge in [-0.05, 0) is 26.0 Å². The van der Waals surface area contributed by atoms with Crippen molar-refractivity contribution in [1.29, 1.82) is 0 Å². The van der Waals surface area contributed by atoms with E-state index in [1.807, 2.05) is 33.0 Å². The first-order valence-corrected chi connectivity index (χ1v) is 6.81. The van der Waals surface area contributed by atoms with Gasteiger partial charge >= 0.3 is 0 Å². The minimum atomic E-state index is -0.0781. The molecule has 0 bridgehead atoms. The maximum absolute atomic E-state index is 12.3. The third-order valence-corrected chi connectivity index (χ3v) is 3.02. The van der Waals surface area contributed by atoms with Crippen LogP contribution in [0.3, 0.4) is 0 Å². The molecule has 0 aliphatic rings. The van der Waals surface area contributed by atoms with E-state index >= 15 is 0 Å². The number of pyridine rings is 1. The van der Waals surface area contributed by atoms with E-state index in [9.17, 15) is 4.79 Å². The van der Waals surface area contributed by atoms with E-state index in [2.05, 4.69) is 31.1 Å². The summed E-state index contributed by atoms with van der Waals surface area (Å²) in [4.78, 5) is 18.6. The Morgan fingerprint density at radius 2 is 1.95 bits per heavy atom. The summed E-state index contributed by atoms with van der Waals surface area (Å²) in [5, 5.41) is 3.19. The molecule has 0 atom stereocenters. The van der Waals surface area contributed by atoms with Crippen LogP contribution in [0.25, 0.3) is 0 Å². The smallest absolute Gasteiger partial charge is 0.253 e. The SMILES string of the molecule is CCNc1cc(C(=O)N(C)CC)cc(C(C)(C)C)n1. The number of amides is 1. The number of nitrogens with one attached hydrogen (secondary N) is 1. The fourth-order valence-corrected chi connectivity index (χ4v) is 1.67. The van der Waals surface area contributed by atoms with Crippen molar-refractivity contribution in [2.24, 2.45) is 0 Å². The first-order chi connectivity index (χ1) is 8.79. The highest BCUT2D eigenvalue weighted by Crippen LogP contribution is 2.23. The lowest BCUT2D eigenvalue weighted by Crippen LogP contribution is -2.27. The molecule has 0 aliphatic heterocycles. The predicted molar refractivity (Wildman–Crippen MR) is 79.7 cm³/mol. The Morgan fingerprint density at radius 1 is 1.32 bits per heavy atom. The van der Waals surface area contributed by atoms with Gasteiger partial charge < -0.3 is 10.2 Å². The van der Waals surface area contributed by atoms with Gasteiger partial charge in [0.1, 0.15) is 5.82 Å². The van der Waals surface area contributed by atoms with Crippen molar-refractivity contribution in [3.05, 3.63) is 23.4 Å². The van der Waals surface area contributed by atoms with E-state index in [-0.39, 0.29) is 11.3 Å². The molecular formula is C15H25N3O. The largest absolute Gasteiger partial charge is 0.370 e. The lowest BCUT2D eigenvalue weighted by atomic mass is 9.90. The zero-order valence-corrected chi connectivity index (χ0v) is 12.9. The molecule has 0 aromatic carbocycles. The van der Waals surface area contributed by atoms with Crippen LogP contribution in [0.2, 0.25) is 0 Å². The van der Waals surface area contributed by atoms with Gasteiger partial charge in [0.25, 0.3) is 5.91 Å². The zero-order valence-electron chi connectivity index (χ0n) is 12.9. The molecule has 0 radical (unpaired) electrons. The number of nitrogens with zero attached hydrogens (tertiary/aromatic N) is 2. The highest BCUT2D eigenvalue weighted by molar-refractivity contribution is 5.94. The molecule has 1 aromatic rings. The number of rotatable bonds is 4. The van der Waals surface area contributed by atoms with Crippen LogP contribution >= 0.6 is 0 Å². The van der Waals surface area contributed by atoms with Gasteiger partial charge in [0.15, 0.2) is 0 Å². The second kappa shape index (κ2) is 6.04. The first kappa shape index (κ1) is 15.5. The summed E-state index contributed by atoms with van der Waals surface area (Å²) in [6.07, 6.45) is 0. The van der Waals surface area contributed by atoms with E-state index < -0.39 is 0 Å². The normalized spacial score (nSPS) is 11.3. The van der Waals surface area contributed by atoms with Crippen molar-refractivity contribution in [2.75, 3.05) is 25.5 Å². The lowest BCUT2D eigenvalue weighted by Gasteiger charge is -2.21. The molecule has 1 rings (SSSR count). The van der Waals surface area contributed by atoms with Gasteiger partial charge in [-0.15, -0.1) is 0 Å². The molecular weight excluding hydrogens is 238 g/mol. The van der Waals surface area contributed by atoms with Crippen LogP contribution in [-0.4, -0.2) is 35.9 Å². The van der Waals surface area contributed by atoms with Crippen molar-refractivity contribution < 1.29 is 4.79 Å². The molecule has 0 fully saturated rings. The Kier molecular flexibility index (Phi) is 4.92. The first-order valence-electron chi connectivity index (χ1n) is 6.81. The van der Waals surface area contributed by atoms with E-state index in [1.54, 1.807) is 4.90 Å². The monoisotopic (exact) mass is 263 g/mol. The average Bonchev–Trinajstić information content (AvgIpc) is 2.36.